The summed E-state index contributed by atoms with van der Waals surface area (Å²) < 4.78 is 5.27. The van der Waals surface area contributed by atoms with Gasteiger partial charge in [-0.05, 0) is 43.9 Å². The monoisotopic (exact) mass is 234 g/mol. The first-order valence-corrected chi connectivity index (χ1v) is 6.42. The molecule has 0 aromatic heterocycles. The molecule has 1 aliphatic rings. The first kappa shape index (κ1) is 12.2. The number of nitrogens with zero attached hydrogens (tertiary/aromatic N) is 1. The standard InChI is InChI=1S/C14H22N2O/c1-17-14-6-2-5-13(10-14)16-9-3-4-12(11-16)7-8-15/h2,5-6,10,12H,3-4,7-9,11,15H2,1H3. The fourth-order valence-electron chi connectivity index (χ4n) is 2.58. The summed E-state index contributed by atoms with van der Waals surface area (Å²) in [6, 6.07) is 8.32. The van der Waals surface area contributed by atoms with E-state index in [2.05, 4.69) is 23.1 Å². The number of nitrogens with two attached hydrogens (primary N) is 1. The summed E-state index contributed by atoms with van der Waals surface area (Å²) in [5.74, 6) is 1.68. The molecule has 0 saturated carbocycles. The second kappa shape index (κ2) is 5.92. The number of piperidine rings is 1. The second-order valence-electron chi connectivity index (χ2n) is 4.73. The summed E-state index contributed by atoms with van der Waals surface area (Å²) in [7, 11) is 1.71. The molecule has 2 N–H and O–H groups in total. The molecule has 94 valence electrons. The smallest absolute Gasteiger partial charge is 0.120 e. The van der Waals surface area contributed by atoms with Crippen LogP contribution < -0.4 is 15.4 Å². The zero-order chi connectivity index (χ0) is 12.1. The first-order valence-electron chi connectivity index (χ1n) is 6.42. The average molecular weight is 234 g/mol. The van der Waals surface area contributed by atoms with E-state index in [-0.39, 0.29) is 0 Å². The van der Waals surface area contributed by atoms with E-state index in [0.717, 1.165) is 37.7 Å². The van der Waals surface area contributed by atoms with Crippen molar-refractivity contribution in [1.82, 2.24) is 0 Å². The van der Waals surface area contributed by atoms with Gasteiger partial charge >= 0.3 is 0 Å². The van der Waals surface area contributed by atoms with Gasteiger partial charge in [-0.15, -0.1) is 0 Å². The predicted octanol–water partition coefficient (Wildman–Crippen LogP) is 2.26. The van der Waals surface area contributed by atoms with Gasteiger partial charge in [-0.25, -0.2) is 0 Å². The lowest BCUT2D eigenvalue weighted by molar-refractivity contribution is 0.394. The number of ether oxygens (including phenoxy) is 1. The van der Waals surface area contributed by atoms with Crippen LogP contribution in [0.25, 0.3) is 0 Å². The molecule has 1 atom stereocenters. The molecule has 1 saturated heterocycles. The Balaban J connectivity index is 2.05. The third-order valence-electron chi connectivity index (χ3n) is 3.51. The highest BCUT2D eigenvalue weighted by atomic mass is 16.5. The van der Waals surface area contributed by atoms with Crippen LogP contribution in [0.1, 0.15) is 19.3 Å². The number of benzene rings is 1. The van der Waals surface area contributed by atoms with Crippen molar-refractivity contribution in [2.24, 2.45) is 11.7 Å². The maximum Gasteiger partial charge on any atom is 0.120 e. The summed E-state index contributed by atoms with van der Waals surface area (Å²) in [5, 5.41) is 0. The minimum atomic E-state index is 0.750. The van der Waals surface area contributed by atoms with Crippen LogP contribution in [0.4, 0.5) is 5.69 Å². The molecule has 0 aliphatic carbocycles. The van der Waals surface area contributed by atoms with Gasteiger partial charge in [-0.1, -0.05) is 6.07 Å². The van der Waals surface area contributed by atoms with Gasteiger partial charge in [-0.2, -0.15) is 0 Å². The molecule has 1 aromatic rings. The molecule has 1 unspecified atom stereocenters. The summed E-state index contributed by atoms with van der Waals surface area (Å²) >= 11 is 0. The highest BCUT2D eigenvalue weighted by Gasteiger charge is 2.19. The van der Waals surface area contributed by atoms with Gasteiger partial charge in [0, 0.05) is 24.8 Å². The van der Waals surface area contributed by atoms with Gasteiger partial charge in [0.1, 0.15) is 5.75 Å². The van der Waals surface area contributed by atoms with Gasteiger partial charge < -0.3 is 15.4 Å². The molecule has 1 aliphatic heterocycles. The molecule has 3 nitrogen and oxygen atoms in total. The molecule has 0 bridgehead atoms. The number of hydrogen-bond acceptors (Lipinski definition) is 3. The molecule has 2 rings (SSSR count). The Morgan fingerprint density at radius 2 is 2.35 bits per heavy atom. The topological polar surface area (TPSA) is 38.5 Å². The lowest BCUT2D eigenvalue weighted by atomic mass is 9.94. The highest BCUT2D eigenvalue weighted by molar-refractivity contribution is 5.51. The quantitative estimate of drug-likeness (QED) is 0.868. The second-order valence-corrected chi connectivity index (χ2v) is 4.73. The lowest BCUT2D eigenvalue weighted by Gasteiger charge is -2.34. The minimum Gasteiger partial charge on any atom is -0.497 e. The third-order valence-corrected chi connectivity index (χ3v) is 3.51. The van der Waals surface area contributed by atoms with Crippen molar-refractivity contribution in [2.45, 2.75) is 19.3 Å². The van der Waals surface area contributed by atoms with Crippen LogP contribution >= 0.6 is 0 Å². The molecule has 0 amide bonds. The van der Waals surface area contributed by atoms with Crippen molar-refractivity contribution < 1.29 is 4.74 Å². The number of anilines is 1. The van der Waals surface area contributed by atoms with Crippen LogP contribution in [0.3, 0.4) is 0 Å². The van der Waals surface area contributed by atoms with Gasteiger partial charge in [0.15, 0.2) is 0 Å². The van der Waals surface area contributed by atoms with E-state index in [4.69, 9.17) is 10.5 Å². The van der Waals surface area contributed by atoms with E-state index < -0.39 is 0 Å². The average Bonchev–Trinajstić information content (AvgIpc) is 2.40. The predicted molar refractivity (Wildman–Crippen MR) is 71.6 cm³/mol. The summed E-state index contributed by atoms with van der Waals surface area (Å²) in [5.41, 5.74) is 6.92. The largest absolute Gasteiger partial charge is 0.497 e. The first-order chi connectivity index (χ1) is 8.33. The maximum atomic E-state index is 5.65. The van der Waals surface area contributed by atoms with E-state index in [1.807, 2.05) is 6.07 Å². The van der Waals surface area contributed by atoms with Crippen LogP contribution in [0.15, 0.2) is 24.3 Å². The Kier molecular flexibility index (Phi) is 4.26. The van der Waals surface area contributed by atoms with Crippen LogP contribution in [0, 0.1) is 5.92 Å². The zero-order valence-corrected chi connectivity index (χ0v) is 10.6. The van der Waals surface area contributed by atoms with E-state index in [0.29, 0.717) is 0 Å². The van der Waals surface area contributed by atoms with Gasteiger partial charge in [0.25, 0.3) is 0 Å². The van der Waals surface area contributed by atoms with Crippen molar-refractivity contribution in [2.75, 3.05) is 31.6 Å². The number of methoxy groups -OCH3 is 1. The van der Waals surface area contributed by atoms with E-state index in [9.17, 15) is 0 Å². The molecule has 0 spiro atoms. The zero-order valence-electron chi connectivity index (χ0n) is 10.6. The van der Waals surface area contributed by atoms with E-state index in [1.165, 1.54) is 18.5 Å². The Labute approximate surface area is 104 Å². The molecule has 3 heteroatoms. The molecule has 17 heavy (non-hydrogen) atoms. The van der Waals surface area contributed by atoms with Crippen LogP contribution in [0.2, 0.25) is 0 Å². The van der Waals surface area contributed by atoms with Crippen LogP contribution in [-0.2, 0) is 0 Å². The number of rotatable bonds is 4. The Morgan fingerprint density at radius 3 is 3.12 bits per heavy atom. The van der Waals surface area contributed by atoms with Crippen molar-refractivity contribution in [3.63, 3.8) is 0 Å². The van der Waals surface area contributed by atoms with Crippen LogP contribution in [-0.4, -0.2) is 26.7 Å². The molecule has 1 aromatic carbocycles. The van der Waals surface area contributed by atoms with Crippen molar-refractivity contribution in [1.29, 1.82) is 0 Å². The molecule has 0 radical (unpaired) electrons. The highest BCUT2D eigenvalue weighted by Crippen LogP contribution is 2.27. The summed E-state index contributed by atoms with van der Waals surface area (Å²) in [4.78, 5) is 2.45. The Morgan fingerprint density at radius 1 is 1.47 bits per heavy atom. The normalized spacial score (nSPS) is 20.4. The fraction of sp³-hybridized carbons (Fsp3) is 0.571. The van der Waals surface area contributed by atoms with Crippen molar-refractivity contribution in [3.05, 3.63) is 24.3 Å². The van der Waals surface area contributed by atoms with Gasteiger partial charge in [0.2, 0.25) is 0 Å². The van der Waals surface area contributed by atoms with E-state index in [1.54, 1.807) is 7.11 Å². The van der Waals surface area contributed by atoms with Gasteiger partial charge in [0.05, 0.1) is 7.11 Å². The maximum absolute atomic E-state index is 5.65. The number of hydrogen-bond donors (Lipinski definition) is 1. The minimum absolute atomic E-state index is 0.750. The van der Waals surface area contributed by atoms with Crippen LogP contribution in [0.5, 0.6) is 5.75 Å². The molecular weight excluding hydrogens is 212 g/mol. The summed E-state index contributed by atoms with van der Waals surface area (Å²) in [6.07, 6.45) is 3.72. The molecule has 1 heterocycles. The lowest BCUT2D eigenvalue weighted by Crippen LogP contribution is -2.36. The fourth-order valence-corrected chi connectivity index (χ4v) is 2.58. The Hall–Kier alpha value is -1.22. The molecule has 1 fully saturated rings. The molecular formula is C14H22N2O. The third kappa shape index (κ3) is 3.13. The Bertz CT molecular complexity index is 352. The van der Waals surface area contributed by atoms with Crippen molar-refractivity contribution in [3.8, 4) is 5.75 Å². The van der Waals surface area contributed by atoms with Crippen molar-refractivity contribution >= 4 is 5.69 Å². The SMILES string of the molecule is COc1cccc(N2CCCC(CCN)C2)c1. The van der Waals surface area contributed by atoms with Gasteiger partial charge in [-0.3, -0.25) is 0 Å². The van der Waals surface area contributed by atoms with E-state index >= 15 is 0 Å². The summed E-state index contributed by atoms with van der Waals surface area (Å²) in [6.45, 7) is 3.08.